The van der Waals surface area contributed by atoms with E-state index in [4.69, 9.17) is 0 Å². The molecule has 3 heteroatoms. The Morgan fingerprint density at radius 2 is 2.16 bits per heavy atom. The van der Waals surface area contributed by atoms with Gasteiger partial charge in [-0.15, -0.1) is 0 Å². The number of carbonyl (C=O) groups is 1. The third kappa shape index (κ3) is 3.13. The van der Waals surface area contributed by atoms with E-state index in [0.29, 0.717) is 12.0 Å². The van der Waals surface area contributed by atoms with E-state index in [-0.39, 0.29) is 11.9 Å². The molecule has 108 valence electrons. The molecule has 0 radical (unpaired) electrons. The van der Waals surface area contributed by atoms with Crippen molar-refractivity contribution in [3.63, 3.8) is 0 Å². The Labute approximate surface area is 116 Å². The predicted molar refractivity (Wildman–Crippen MR) is 76.8 cm³/mol. The van der Waals surface area contributed by atoms with Crippen molar-refractivity contribution in [2.75, 3.05) is 6.54 Å². The van der Waals surface area contributed by atoms with Gasteiger partial charge in [0.15, 0.2) is 0 Å². The molecule has 3 aliphatic rings. The van der Waals surface area contributed by atoms with Crippen molar-refractivity contribution < 1.29 is 4.79 Å². The third-order valence-corrected chi connectivity index (χ3v) is 5.67. The first kappa shape index (κ1) is 13.4. The lowest BCUT2D eigenvalue weighted by Gasteiger charge is -2.30. The van der Waals surface area contributed by atoms with E-state index < -0.39 is 0 Å². The van der Waals surface area contributed by atoms with Crippen LogP contribution in [0.2, 0.25) is 0 Å². The Balaban J connectivity index is 1.43. The summed E-state index contributed by atoms with van der Waals surface area (Å²) in [5.41, 5.74) is 0. The molecule has 3 rings (SSSR count). The van der Waals surface area contributed by atoms with Gasteiger partial charge in [-0.2, -0.15) is 0 Å². The fourth-order valence-electron chi connectivity index (χ4n) is 4.58. The fourth-order valence-corrected chi connectivity index (χ4v) is 4.58. The molecule has 19 heavy (non-hydrogen) atoms. The molecule has 0 aromatic carbocycles. The summed E-state index contributed by atoms with van der Waals surface area (Å²) in [6.07, 6.45) is 10.1. The maximum absolute atomic E-state index is 12.2. The number of fused-ring (bicyclic) bond motifs is 2. The zero-order chi connectivity index (χ0) is 13.2. The van der Waals surface area contributed by atoms with Crippen LogP contribution >= 0.6 is 0 Å². The molecule has 2 N–H and O–H groups in total. The summed E-state index contributed by atoms with van der Waals surface area (Å²) in [6.45, 7) is 3.26. The highest BCUT2D eigenvalue weighted by atomic mass is 16.1. The summed E-state index contributed by atoms with van der Waals surface area (Å²) in [6, 6.07) is 0.768. The van der Waals surface area contributed by atoms with Gasteiger partial charge in [0.05, 0.1) is 0 Å². The Kier molecular flexibility index (Phi) is 4.11. The summed E-state index contributed by atoms with van der Waals surface area (Å²) in [5, 5.41) is 6.76. The van der Waals surface area contributed by atoms with Crippen molar-refractivity contribution in [2.45, 2.75) is 70.4 Å². The van der Waals surface area contributed by atoms with Crippen molar-refractivity contribution in [2.24, 2.45) is 17.8 Å². The number of amides is 1. The van der Waals surface area contributed by atoms with Gasteiger partial charge in [0.25, 0.3) is 0 Å². The maximum Gasteiger partial charge on any atom is 0.220 e. The Bertz CT molecular complexity index is 325. The molecule has 0 aromatic heterocycles. The van der Waals surface area contributed by atoms with Gasteiger partial charge in [-0.1, -0.05) is 12.8 Å². The number of piperidine rings is 1. The second-order valence-corrected chi connectivity index (χ2v) is 7.05. The van der Waals surface area contributed by atoms with Crippen LogP contribution in [0.25, 0.3) is 0 Å². The molecule has 2 aliphatic carbocycles. The topological polar surface area (TPSA) is 41.1 Å². The fraction of sp³-hybridized carbons (Fsp3) is 0.938. The average molecular weight is 264 g/mol. The number of hydrogen-bond acceptors (Lipinski definition) is 2. The van der Waals surface area contributed by atoms with Gasteiger partial charge in [-0.3, -0.25) is 4.79 Å². The molecule has 2 bridgehead atoms. The molecular weight excluding hydrogens is 236 g/mol. The van der Waals surface area contributed by atoms with Crippen LogP contribution in [0.3, 0.4) is 0 Å². The monoisotopic (exact) mass is 264 g/mol. The molecule has 5 unspecified atom stereocenters. The SMILES string of the molecule is CC(NC(=O)CC1CC2CCC1C2)C1CCCCN1. The van der Waals surface area contributed by atoms with Crippen molar-refractivity contribution >= 4 is 5.91 Å². The van der Waals surface area contributed by atoms with Gasteiger partial charge >= 0.3 is 0 Å². The van der Waals surface area contributed by atoms with Crippen LogP contribution in [0.15, 0.2) is 0 Å². The van der Waals surface area contributed by atoms with Crippen LogP contribution in [0, 0.1) is 17.8 Å². The number of nitrogens with one attached hydrogen (secondary N) is 2. The molecule has 2 saturated carbocycles. The summed E-state index contributed by atoms with van der Waals surface area (Å²) in [7, 11) is 0. The molecule has 1 amide bonds. The lowest BCUT2D eigenvalue weighted by Crippen LogP contribution is -2.50. The number of carbonyl (C=O) groups excluding carboxylic acids is 1. The molecule has 5 atom stereocenters. The molecule has 0 aromatic rings. The first-order chi connectivity index (χ1) is 9.22. The van der Waals surface area contributed by atoms with Crippen molar-refractivity contribution in [1.29, 1.82) is 0 Å². The normalized spacial score (nSPS) is 39.2. The smallest absolute Gasteiger partial charge is 0.220 e. The molecule has 1 aliphatic heterocycles. The van der Waals surface area contributed by atoms with Crippen LogP contribution in [0.1, 0.15) is 58.3 Å². The highest BCUT2D eigenvalue weighted by molar-refractivity contribution is 5.76. The largest absolute Gasteiger partial charge is 0.352 e. The lowest BCUT2D eigenvalue weighted by atomic mass is 9.86. The van der Waals surface area contributed by atoms with Gasteiger partial charge in [0, 0.05) is 18.5 Å². The summed E-state index contributed by atoms with van der Waals surface area (Å²) in [4.78, 5) is 12.2. The van der Waals surface area contributed by atoms with Gasteiger partial charge in [-0.05, 0) is 63.3 Å². The Morgan fingerprint density at radius 1 is 1.26 bits per heavy atom. The third-order valence-electron chi connectivity index (χ3n) is 5.67. The minimum atomic E-state index is 0.284. The summed E-state index contributed by atoms with van der Waals surface area (Å²) >= 11 is 0. The second kappa shape index (κ2) is 5.82. The highest BCUT2D eigenvalue weighted by Crippen LogP contribution is 2.49. The lowest BCUT2D eigenvalue weighted by molar-refractivity contribution is -0.123. The zero-order valence-electron chi connectivity index (χ0n) is 12.2. The van der Waals surface area contributed by atoms with E-state index in [1.165, 1.54) is 44.9 Å². The van der Waals surface area contributed by atoms with Crippen LogP contribution < -0.4 is 10.6 Å². The van der Waals surface area contributed by atoms with E-state index in [1.807, 2.05) is 0 Å². The Morgan fingerprint density at radius 3 is 2.79 bits per heavy atom. The minimum absolute atomic E-state index is 0.284. The van der Waals surface area contributed by atoms with E-state index >= 15 is 0 Å². The standard InChI is InChI=1S/C16H28N2O/c1-11(15-4-2-3-7-17-15)18-16(19)10-14-9-12-5-6-13(14)8-12/h11-15,17H,2-10H2,1H3,(H,18,19). The first-order valence-electron chi connectivity index (χ1n) is 8.25. The summed E-state index contributed by atoms with van der Waals surface area (Å²) < 4.78 is 0. The highest BCUT2D eigenvalue weighted by Gasteiger charge is 2.40. The van der Waals surface area contributed by atoms with Crippen molar-refractivity contribution in [3.05, 3.63) is 0 Å². The molecule has 3 fully saturated rings. The second-order valence-electron chi connectivity index (χ2n) is 7.05. The van der Waals surface area contributed by atoms with Gasteiger partial charge < -0.3 is 10.6 Å². The van der Waals surface area contributed by atoms with E-state index in [9.17, 15) is 4.79 Å². The first-order valence-corrected chi connectivity index (χ1v) is 8.25. The molecule has 1 heterocycles. The predicted octanol–water partition coefficient (Wildman–Crippen LogP) is 2.46. The summed E-state index contributed by atoms with van der Waals surface area (Å²) in [5.74, 6) is 2.78. The molecular formula is C16H28N2O. The molecule has 3 nitrogen and oxygen atoms in total. The van der Waals surface area contributed by atoms with Crippen LogP contribution in [-0.4, -0.2) is 24.5 Å². The average Bonchev–Trinajstić information content (AvgIpc) is 3.02. The minimum Gasteiger partial charge on any atom is -0.352 e. The number of rotatable bonds is 4. The number of hydrogen-bond donors (Lipinski definition) is 2. The van der Waals surface area contributed by atoms with E-state index in [1.54, 1.807) is 0 Å². The van der Waals surface area contributed by atoms with Gasteiger partial charge in [0.2, 0.25) is 5.91 Å². The van der Waals surface area contributed by atoms with Gasteiger partial charge in [-0.25, -0.2) is 0 Å². The maximum atomic E-state index is 12.2. The van der Waals surface area contributed by atoms with Crippen molar-refractivity contribution in [1.82, 2.24) is 10.6 Å². The molecule has 0 spiro atoms. The quantitative estimate of drug-likeness (QED) is 0.819. The molecule has 1 saturated heterocycles. The van der Waals surface area contributed by atoms with Crippen LogP contribution in [-0.2, 0) is 4.79 Å². The zero-order valence-corrected chi connectivity index (χ0v) is 12.2. The van der Waals surface area contributed by atoms with Crippen LogP contribution in [0.4, 0.5) is 0 Å². The Hall–Kier alpha value is -0.570. The van der Waals surface area contributed by atoms with E-state index in [2.05, 4.69) is 17.6 Å². The van der Waals surface area contributed by atoms with Gasteiger partial charge in [0.1, 0.15) is 0 Å². The van der Waals surface area contributed by atoms with Crippen LogP contribution in [0.5, 0.6) is 0 Å². The van der Waals surface area contributed by atoms with E-state index in [0.717, 1.165) is 24.8 Å². The van der Waals surface area contributed by atoms with Crippen molar-refractivity contribution in [3.8, 4) is 0 Å².